The number of carbonyl (C=O) groups excluding carboxylic acids is 2. The first-order chi connectivity index (χ1) is 18.8. The van der Waals surface area contributed by atoms with Gasteiger partial charge in [0.05, 0.1) is 6.54 Å². The maximum atomic E-state index is 13.8. The smallest absolute Gasteiger partial charge is 0.267 e. The Balaban J connectivity index is 1.38. The third kappa shape index (κ3) is 6.29. The molecule has 39 heavy (non-hydrogen) atoms. The van der Waals surface area contributed by atoms with Gasteiger partial charge in [-0.05, 0) is 60.7 Å². The van der Waals surface area contributed by atoms with Crippen molar-refractivity contribution < 1.29 is 9.59 Å². The number of para-hydroxylation sites is 2. The number of amides is 2. The molecule has 0 spiro atoms. The van der Waals surface area contributed by atoms with Crippen LogP contribution >= 0.6 is 0 Å². The molecule has 4 aromatic rings. The zero-order valence-electron chi connectivity index (χ0n) is 22.0. The first-order valence-corrected chi connectivity index (χ1v) is 12.9. The van der Waals surface area contributed by atoms with Crippen molar-refractivity contribution in [2.75, 3.05) is 10.2 Å². The summed E-state index contributed by atoms with van der Waals surface area (Å²) in [6.07, 6.45) is 1.37. The number of hydrogen-bond acceptors (Lipinski definition) is 7. The molecule has 200 valence electrons. The maximum Gasteiger partial charge on any atom is 0.267 e. The summed E-state index contributed by atoms with van der Waals surface area (Å²) in [7, 11) is 0. The van der Waals surface area contributed by atoms with Gasteiger partial charge >= 0.3 is 0 Å². The van der Waals surface area contributed by atoms with E-state index in [0.29, 0.717) is 25.3 Å². The van der Waals surface area contributed by atoms with Gasteiger partial charge in [0.2, 0.25) is 11.8 Å². The Morgan fingerprint density at radius 2 is 1.82 bits per heavy atom. The third-order valence-electron chi connectivity index (χ3n) is 6.62. The molecule has 0 unspecified atom stereocenters. The lowest BCUT2D eigenvalue weighted by Crippen LogP contribution is -2.49. The molecule has 1 aromatic heterocycles. The van der Waals surface area contributed by atoms with E-state index in [9.17, 15) is 9.59 Å². The van der Waals surface area contributed by atoms with Crippen LogP contribution in [-0.2, 0) is 22.6 Å². The van der Waals surface area contributed by atoms with Gasteiger partial charge in [0.1, 0.15) is 6.04 Å². The predicted octanol–water partition coefficient (Wildman–Crippen LogP) is 3.70. The van der Waals surface area contributed by atoms with Crippen molar-refractivity contribution in [2.45, 2.75) is 51.2 Å². The van der Waals surface area contributed by atoms with Crippen LogP contribution in [0.5, 0.6) is 0 Å². The molecule has 1 atom stereocenters. The minimum atomic E-state index is -0.651. The van der Waals surface area contributed by atoms with Gasteiger partial charge < -0.3 is 21.3 Å². The van der Waals surface area contributed by atoms with E-state index in [-0.39, 0.29) is 18.2 Å². The molecular weight excluding hydrogens is 492 g/mol. The number of tetrazole rings is 1. The summed E-state index contributed by atoms with van der Waals surface area (Å²) in [5.41, 5.74) is 11.1. The highest BCUT2D eigenvalue weighted by Crippen LogP contribution is 2.31. The summed E-state index contributed by atoms with van der Waals surface area (Å²) in [6.45, 7) is 3.98. The highest BCUT2D eigenvalue weighted by Gasteiger charge is 2.32. The summed E-state index contributed by atoms with van der Waals surface area (Å²) < 4.78 is 0. The van der Waals surface area contributed by atoms with Crippen LogP contribution in [0.4, 0.5) is 17.3 Å². The number of benzene rings is 3. The minimum Gasteiger partial charge on any atom is -0.344 e. The lowest BCUT2D eigenvalue weighted by Gasteiger charge is -2.27. The fourth-order valence-corrected chi connectivity index (χ4v) is 4.82. The summed E-state index contributed by atoms with van der Waals surface area (Å²) in [5, 5.41) is 20.1. The monoisotopic (exact) mass is 524 g/mol. The normalized spacial score (nSPS) is 15.4. The Hall–Kier alpha value is -4.57. The van der Waals surface area contributed by atoms with Crippen LogP contribution in [-0.4, -0.2) is 44.0 Å². The van der Waals surface area contributed by atoms with Gasteiger partial charge in [-0.2, -0.15) is 5.21 Å². The fourth-order valence-electron chi connectivity index (χ4n) is 4.82. The van der Waals surface area contributed by atoms with E-state index >= 15 is 0 Å². The van der Waals surface area contributed by atoms with Gasteiger partial charge in [0.15, 0.2) is 0 Å². The summed E-state index contributed by atoms with van der Waals surface area (Å²) >= 11 is 0. The number of nitrogens with one attached hydrogen (secondary N) is 3. The zero-order valence-corrected chi connectivity index (χ0v) is 22.0. The quantitative estimate of drug-likeness (QED) is 0.275. The van der Waals surface area contributed by atoms with Crippen LogP contribution < -0.4 is 21.3 Å². The Morgan fingerprint density at radius 1 is 1.08 bits per heavy atom. The van der Waals surface area contributed by atoms with Crippen LogP contribution in [0.3, 0.4) is 0 Å². The van der Waals surface area contributed by atoms with Crippen molar-refractivity contribution >= 4 is 29.1 Å². The number of carbonyl (C=O) groups is 2. The summed E-state index contributed by atoms with van der Waals surface area (Å²) in [5.74, 6) is 0.0418. The van der Waals surface area contributed by atoms with Crippen molar-refractivity contribution in [3.8, 4) is 11.1 Å². The zero-order chi connectivity index (χ0) is 27.4. The first-order valence-electron chi connectivity index (χ1n) is 12.9. The van der Waals surface area contributed by atoms with Crippen molar-refractivity contribution in [3.05, 3.63) is 83.9 Å². The highest BCUT2D eigenvalue weighted by molar-refractivity contribution is 6.00. The number of aromatic amines is 1. The van der Waals surface area contributed by atoms with Gasteiger partial charge in [-0.15, -0.1) is 5.10 Å². The molecule has 0 fully saturated rings. The summed E-state index contributed by atoms with van der Waals surface area (Å²) in [6, 6.07) is 23.3. The number of aryl methyl sites for hydroxylation is 1. The molecule has 2 amide bonds. The molecule has 0 saturated carbocycles. The maximum absolute atomic E-state index is 13.8. The molecule has 1 aliphatic heterocycles. The van der Waals surface area contributed by atoms with E-state index in [1.807, 2.05) is 72.8 Å². The fraction of sp³-hybridized carbons (Fsp3) is 0.276. The average Bonchev–Trinajstić information content (AvgIpc) is 3.38. The predicted molar refractivity (Wildman–Crippen MR) is 150 cm³/mol. The number of fused-ring (bicyclic) bond motifs is 1. The van der Waals surface area contributed by atoms with Crippen LogP contribution in [0.1, 0.15) is 37.8 Å². The van der Waals surface area contributed by atoms with Crippen molar-refractivity contribution in [1.82, 2.24) is 25.9 Å². The number of H-pyrrole nitrogens is 1. The SMILES string of the molecule is CC(C)(N)CC(=O)N[C@@H]1CCc2ccccc2N(Cc2ccc(-c3ccccc3Nc3nn[nH]n3)cc2)C1=O. The van der Waals surface area contributed by atoms with E-state index in [1.54, 1.807) is 18.7 Å². The minimum absolute atomic E-state index is 0.123. The van der Waals surface area contributed by atoms with Gasteiger partial charge in [0.25, 0.3) is 5.95 Å². The number of nitrogens with zero attached hydrogens (tertiary/aromatic N) is 4. The van der Waals surface area contributed by atoms with Gasteiger partial charge in [-0.1, -0.05) is 65.8 Å². The summed E-state index contributed by atoms with van der Waals surface area (Å²) in [4.78, 5) is 28.2. The topological polar surface area (TPSA) is 142 Å². The molecule has 0 aliphatic carbocycles. The van der Waals surface area contributed by atoms with E-state index in [2.05, 4.69) is 31.3 Å². The van der Waals surface area contributed by atoms with Crippen LogP contribution in [0, 0.1) is 0 Å². The van der Waals surface area contributed by atoms with Gasteiger partial charge in [-0.25, -0.2) is 0 Å². The molecule has 2 heterocycles. The second-order valence-corrected chi connectivity index (χ2v) is 10.5. The van der Waals surface area contributed by atoms with Gasteiger partial charge in [0, 0.05) is 28.9 Å². The highest BCUT2D eigenvalue weighted by atomic mass is 16.2. The van der Waals surface area contributed by atoms with Crippen LogP contribution in [0.2, 0.25) is 0 Å². The largest absolute Gasteiger partial charge is 0.344 e. The standard InChI is InChI=1S/C29H32N8O2/c1-29(2,30)17-26(38)31-24-16-15-21-7-3-6-10-25(21)37(27(24)39)18-19-11-13-20(14-12-19)22-8-4-5-9-23(22)32-28-33-35-36-34-28/h3-14,24H,15-18,30H2,1-2H3,(H,31,38)(H2,32,33,34,35,36)/t24-/m1/s1. The molecule has 10 nitrogen and oxygen atoms in total. The van der Waals surface area contributed by atoms with Gasteiger partial charge in [-0.3, -0.25) is 9.59 Å². The lowest BCUT2D eigenvalue weighted by atomic mass is 10.0. The molecule has 1 aliphatic rings. The Bertz CT molecular complexity index is 1440. The number of rotatable bonds is 8. The number of nitrogens with two attached hydrogens (primary N) is 1. The first kappa shape index (κ1) is 26.1. The molecule has 0 bridgehead atoms. The Kier molecular flexibility index (Phi) is 7.38. The van der Waals surface area contributed by atoms with Crippen molar-refractivity contribution in [2.24, 2.45) is 5.73 Å². The number of aromatic nitrogens is 4. The Labute approximate surface area is 227 Å². The molecule has 10 heteroatoms. The van der Waals surface area contributed by atoms with E-state index in [1.165, 1.54) is 0 Å². The van der Waals surface area contributed by atoms with E-state index in [4.69, 9.17) is 5.73 Å². The molecule has 0 radical (unpaired) electrons. The van der Waals surface area contributed by atoms with Crippen LogP contribution in [0.25, 0.3) is 11.1 Å². The second kappa shape index (κ2) is 11.0. The molecule has 5 N–H and O–H groups in total. The Morgan fingerprint density at radius 3 is 2.56 bits per heavy atom. The van der Waals surface area contributed by atoms with E-state index < -0.39 is 11.6 Å². The van der Waals surface area contributed by atoms with Crippen LogP contribution in [0.15, 0.2) is 72.8 Å². The van der Waals surface area contributed by atoms with Crippen molar-refractivity contribution in [3.63, 3.8) is 0 Å². The number of anilines is 3. The average molecular weight is 525 g/mol. The molecular formula is C29H32N8O2. The van der Waals surface area contributed by atoms with E-state index in [0.717, 1.165) is 33.6 Å². The number of hydrogen-bond donors (Lipinski definition) is 4. The second-order valence-electron chi connectivity index (χ2n) is 10.5. The molecule has 3 aromatic carbocycles. The molecule has 0 saturated heterocycles. The van der Waals surface area contributed by atoms with Crippen molar-refractivity contribution in [1.29, 1.82) is 0 Å². The molecule has 5 rings (SSSR count). The lowest BCUT2D eigenvalue weighted by molar-refractivity contribution is -0.128. The third-order valence-corrected chi connectivity index (χ3v) is 6.62.